The van der Waals surface area contributed by atoms with Gasteiger partial charge in [-0.15, -0.1) is 0 Å². The van der Waals surface area contributed by atoms with Crippen LogP contribution < -0.4 is 0 Å². The lowest BCUT2D eigenvalue weighted by molar-refractivity contribution is 0.0782. The van der Waals surface area contributed by atoms with Gasteiger partial charge in [0, 0.05) is 19.4 Å². The summed E-state index contributed by atoms with van der Waals surface area (Å²) < 4.78 is 0. The van der Waals surface area contributed by atoms with Crippen molar-refractivity contribution in [3.05, 3.63) is 41.2 Å². The third-order valence-electron chi connectivity index (χ3n) is 2.20. The average Bonchev–Trinajstić information content (AvgIpc) is 2.81. The lowest BCUT2D eigenvalue weighted by Gasteiger charge is -2.15. The highest BCUT2D eigenvalue weighted by Crippen LogP contribution is 2.15. The molecule has 7 heteroatoms. The highest BCUT2D eigenvalue weighted by Gasteiger charge is 2.15. The van der Waals surface area contributed by atoms with Crippen LogP contribution in [0.1, 0.15) is 16.2 Å². The molecule has 2 heterocycles. The Kier molecular flexibility index (Phi) is 3.34. The second-order valence-corrected chi connectivity index (χ2v) is 3.86. The standard InChI is InChI=1S/C10H10ClN5O/c1-16(5-9-13-6-14-15-9)10(17)7-2-3-12-4-8(7)11/h2-4,6H,5H2,1H3,(H,13,14,15). The van der Waals surface area contributed by atoms with Crippen LogP contribution in [0.25, 0.3) is 0 Å². The van der Waals surface area contributed by atoms with Gasteiger partial charge in [-0.1, -0.05) is 11.6 Å². The lowest BCUT2D eigenvalue weighted by Crippen LogP contribution is -2.27. The molecule has 0 unspecified atom stereocenters. The number of rotatable bonds is 3. The van der Waals surface area contributed by atoms with Crippen LogP contribution in [-0.2, 0) is 6.54 Å². The number of amides is 1. The second kappa shape index (κ2) is 4.92. The number of H-pyrrole nitrogens is 1. The molecule has 0 fully saturated rings. The van der Waals surface area contributed by atoms with Crippen molar-refractivity contribution in [1.29, 1.82) is 0 Å². The highest BCUT2D eigenvalue weighted by atomic mass is 35.5. The first-order valence-electron chi connectivity index (χ1n) is 4.87. The van der Waals surface area contributed by atoms with Gasteiger partial charge < -0.3 is 4.90 Å². The fraction of sp³-hybridized carbons (Fsp3) is 0.200. The third-order valence-corrected chi connectivity index (χ3v) is 2.50. The van der Waals surface area contributed by atoms with Crippen LogP contribution in [0.5, 0.6) is 0 Å². The summed E-state index contributed by atoms with van der Waals surface area (Å²) in [6.07, 6.45) is 4.37. The van der Waals surface area contributed by atoms with Crippen molar-refractivity contribution < 1.29 is 4.79 Å². The summed E-state index contributed by atoms with van der Waals surface area (Å²) in [4.78, 5) is 21.3. The molecule has 6 nitrogen and oxygen atoms in total. The van der Waals surface area contributed by atoms with Crippen LogP contribution in [0.3, 0.4) is 0 Å². The van der Waals surface area contributed by atoms with E-state index in [9.17, 15) is 4.79 Å². The van der Waals surface area contributed by atoms with Gasteiger partial charge in [0.1, 0.15) is 12.2 Å². The Bertz CT molecular complexity index is 513. The van der Waals surface area contributed by atoms with Crippen LogP contribution in [0, 0.1) is 0 Å². The summed E-state index contributed by atoms with van der Waals surface area (Å²) in [6.45, 7) is 0.345. The van der Waals surface area contributed by atoms with Gasteiger partial charge in [0.2, 0.25) is 0 Å². The highest BCUT2D eigenvalue weighted by molar-refractivity contribution is 6.33. The van der Waals surface area contributed by atoms with Gasteiger partial charge in [-0.2, -0.15) is 5.10 Å². The number of hydrogen-bond acceptors (Lipinski definition) is 4. The zero-order chi connectivity index (χ0) is 12.3. The Morgan fingerprint density at radius 1 is 1.59 bits per heavy atom. The summed E-state index contributed by atoms with van der Waals surface area (Å²) in [6, 6.07) is 1.58. The third kappa shape index (κ3) is 2.59. The van der Waals surface area contributed by atoms with E-state index in [-0.39, 0.29) is 5.91 Å². The Morgan fingerprint density at radius 3 is 3.06 bits per heavy atom. The number of aromatic nitrogens is 4. The summed E-state index contributed by atoms with van der Waals surface area (Å²) in [5, 5.41) is 6.74. The molecule has 0 aliphatic heterocycles. The van der Waals surface area contributed by atoms with Crippen molar-refractivity contribution in [2.75, 3.05) is 7.05 Å². The van der Waals surface area contributed by atoms with E-state index < -0.39 is 0 Å². The molecule has 0 aromatic carbocycles. The number of nitrogens with zero attached hydrogens (tertiary/aromatic N) is 4. The molecule has 0 atom stereocenters. The molecular formula is C10H10ClN5O. The van der Waals surface area contributed by atoms with Gasteiger partial charge in [-0.3, -0.25) is 14.9 Å². The van der Waals surface area contributed by atoms with Gasteiger partial charge >= 0.3 is 0 Å². The number of carbonyl (C=O) groups is 1. The summed E-state index contributed by atoms with van der Waals surface area (Å²) in [5.74, 6) is 0.430. The second-order valence-electron chi connectivity index (χ2n) is 3.45. The predicted molar refractivity (Wildman–Crippen MR) is 61.4 cm³/mol. The molecular weight excluding hydrogens is 242 g/mol. The monoisotopic (exact) mass is 251 g/mol. The number of aromatic amines is 1. The van der Waals surface area contributed by atoms with Gasteiger partial charge in [0.05, 0.1) is 17.1 Å². The molecule has 0 radical (unpaired) electrons. The van der Waals surface area contributed by atoms with E-state index >= 15 is 0 Å². The maximum Gasteiger partial charge on any atom is 0.255 e. The Hall–Kier alpha value is -1.95. The van der Waals surface area contributed by atoms with E-state index in [0.717, 1.165) is 0 Å². The topological polar surface area (TPSA) is 74.8 Å². The Labute approximate surface area is 103 Å². The molecule has 0 aliphatic rings. The smallest absolute Gasteiger partial charge is 0.255 e. The largest absolute Gasteiger partial charge is 0.334 e. The summed E-state index contributed by atoms with van der Waals surface area (Å²) in [7, 11) is 1.67. The van der Waals surface area contributed by atoms with Crippen LogP contribution in [0.15, 0.2) is 24.8 Å². The van der Waals surface area contributed by atoms with E-state index in [0.29, 0.717) is 23.0 Å². The molecule has 2 aromatic heterocycles. The molecule has 0 spiro atoms. The lowest BCUT2D eigenvalue weighted by atomic mass is 10.2. The zero-order valence-corrected chi connectivity index (χ0v) is 9.85. The van der Waals surface area contributed by atoms with Crippen molar-refractivity contribution in [2.45, 2.75) is 6.54 Å². The van der Waals surface area contributed by atoms with Gasteiger partial charge in [-0.05, 0) is 6.07 Å². The summed E-state index contributed by atoms with van der Waals surface area (Å²) >= 11 is 5.90. The molecule has 1 N–H and O–H groups in total. The number of pyridine rings is 1. The predicted octanol–water partition coefficient (Wildman–Crippen LogP) is 1.13. The van der Waals surface area contributed by atoms with Gasteiger partial charge in [0.25, 0.3) is 5.91 Å². The number of halogens is 1. The molecule has 0 aliphatic carbocycles. The normalized spacial score (nSPS) is 10.2. The molecule has 88 valence electrons. The molecule has 0 bridgehead atoms. The first-order valence-corrected chi connectivity index (χ1v) is 5.25. The van der Waals surface area contributed by atoms with Gasteiger partial charge in [-0.25, -0.2) is 4.98 Å². The minimum Gasteiger partial charge on any atom is -0.334 e. The zero-order valence-electron chi connectivity index (χ0n) is 9.09. The van der Waals surface area contributed by atoms with E-state index in [2.05, 4.69) is 20.2 Å². The average molecular weight is 252 g/mol. The molecule has 17 heavy (non-hydrogen) atoms. The first-order chi connectivity index (χ1) is 8.18. The van der Waals surface area contributed by atoms with Crippen LogP contribution >= 0.6 is 11.6 Å². The minimum atomic E-state index is -0.186. The maximum absolute atomic E-state index is 12.0. The Balaban J connectivity index is 2.13. The van der Waals surface area contributed by atoms with E-state index in [1.54, 1.807) is 13.1 Å². The minimum absolute atomic E-state index is 0.186. The molecule has 2 rings (SSSR count). The van der Waals surface area contributed by atoms with Crippen molar-refractivity contribution in [3.8, 4) is 0 Å². The number of carbonyl (C=O) groups excluding carboxylic acids is 1. The van der Waals surface area contributed by atoms with Crippen molar-refractivity contribution in [3.63, 3.8) is 0 Å². The van der Waals surface area contributed by atoms with Crippen molar-refractivity contribution in [1.82, 2.24) is 25.1 Å². The summed E-state index contributed by atoms with van der Waals surface area (Å²) in [5.41, 5.74) is 0.420. The Morgan fingerprint density at radius 2 is 2.41 bits per heavy atom. The molecule has 0 saturated heterocycles. The van der Waals surface area contributed by atoms with Crippen molar-refractivity contribution in [2.24, 2.45) is 0 Å². The number of hydrogen-bond donors (Lipinski definition) is 1. The quantitative estimate of drug-likeness (QED) is 0.887. The molecule has 2 aromatic rings. The first kappa shape index (κ1) is 11.5. The van der Waals surface area contributed by atoms with E-state index in [1.165, 1.54) is 23.6 Å². The van der Waals surface area contributed by atoms with Crippen LogP contribution in [0.2, 0.25) is 5.02 Å². The SMILES string of the molecule is CN(Cc1ncn[nH]1)C(=O)c1ccncc1Cl. The molecule has 1 amide bonds. The molecule has 0 saturated carbocycles. The number of nitrogens with one attached hydrogen (secondary N) is 1. The van der Waals surface area contributed by atoms with Crippen LogP contribution in [-0.4, -0.2) is 38.0 Å². The maximum atomic E-state index is 12.0. The fourth-order valence-electron chi connectivity index (χ4n) is 1.36. The van der Waals surface area contributed by atoms with Crippen molar-refractivity contribution >= 4 is 17.5 Å². The fourth-order valence-corrected chi connectivity index (χ4v) is 1.56. The van der Waals surface area contributed by atoms with Gasteiger partial charge in [0.15, 0.2) is 0 Å². The van der Waals surface area contributed by atoms with E-state index in [4.69, 9.17) is 11.6 Å². The van der Waals surface area contributed by atoms with E-state index in [1.807, 2.05) is 0 Å². The van der Waals surface area contributed by atoms with Crippen LogP contribution in [0.4, 0.5) is 0 Å².